The highest BCUT2D eigenvalue weighted by atomic mass is 15.3. The molecule has 0 spiro atoms. The standard InChI is InChI=1S/C11H22N4/c1-5-7-10(6-2)12-8-11-14-13-9(3)15(11)4/h10,12H,5-8H2,1-4H3. The lowest BCUT2D eigenvalue weighted by Crippen LogP contribution is -2.28. The summed E-state index contributed by atoms with van der Waals surface area (Å²) in [6.45, 7) is 7.22. The maximum atomic E-state index is 4.13. The van der Waals surface area contributed by atoms with Crippen molar-refractivity contribution < 1.29 is 0 Å². The molecule has 0 amide bonds. The summed E-state index contributed by atoms with van der Waals surface area (Å²) in [4.78, 5) is 0. The largest absolute Gasteiger partial charge is 0.317 e. The zero-order chi connectivity index (χ0) is 11.3. The van der Waals surface area contributed by atoms with Crippen molar-refractivity contribution in [2.45, 2.75) is 52.6 Å². The fourth-order valence-corrected chi connectivity index (χ4v) is 1.64. The van der Waals surface area contributed by atoms with Gasteiger partial charge in [-0.1, -0.05) is 20.3 Å². The maximum Gasteiger partial charge on any atom is 0.146 e. The Hall–Kier alpha value is -0.900. The maximum absolute atomic E-state index is 4.13. The monoisotopic (exact) mass is 210 g/mol. The fraction of sp³-hybridized carbons (Fsp3) is 0.818. The number of hydrogen-bond donors (Lipinski definition) is 1. The highest BCUT2D eigenvalue weighted by molar-refractivity contribution is 4.92. The number of aryl methyl sites for hydroxylation is 1. The second-order valence-corrected chi connectivity index (χ2v) is 4.00. The summed E-state index contributed by atoms with van der Waals surface area (Å²) < 4.78 is 2.03. The van der Waals surface area contributed by atoms with Gasteiger partial charge in [0.05, 0.1) is 6.54 Å². The van der Waals surface area contributed by atoms with Crippen molar-refractivity contribution in [2.24, 2.45) is 7.05 Å². The van der Waals surface area contributed by atoms with Gasteiger partial charge in [-0.15, -0.1) is 10.2 Å². The molecular formula is C11H22N4. The smallest absolute Gasteiger partial charge is 0.146 e. The molecule has 1 heterocycles. The molecule has 4 nitrogen and oxygen atoms in total. The van der Waals surface area contributed by atoms with Gasteiger partial charge >= 0.3 is 0 Å². The van der Waals surface area contributed by atoms with Crippen LogP contribution in [0.3, 0.4) is 0 Å². The summed E-state index contributed by atoms with van der Waals surface area (Å²) >= 11 is 0. The van der Waals surface area contributed by atoms with E-state index in [9.17, 15) is 0 Å². The number of nitrogens with one attached hydrogen (secondary N) is 1. The minimum Gasteiger partial charge on any atom is -0.317 e. The molecule has 4 heteroatoms. The topological polar surface area (TPSA) is 42.7 Å². The molecule has 0 bridgehead atoms. The van der Waals surface area contributed by atoms with Gasteiger partial charge in [0.1, 0.15) is 11.6 Å². The molecule has 0 saturated carbocycles. The Balaban J connectivity index is 2.45. The van der Waals surface area contributed by atoms with E-state index in [-0.39, 0.29) is 0 Å². The summed E-state index contributed by atoms with van der Waals surface area (Å²) in [7, 11) is 2.01. The molecule has 0 aliphatic rings. The third-order valence-corrected chi connectivity index (χ3v) is 2.86. The molecular weight excluding hydrogens is 188 g/mol. The predicted molar refractivity (Wildman–Crippen MR) is 61.6 cm³/mol. The summed E-state index contributed by atoms with van der Waals surface area (Å²) in [5.41, 5.74) is 0. The third-order valence-electron chi connectivity index (χ3n) is 2.86. The molecule has 0 fully saturated rings. The van der Waals surface area contributed by atoms with Crippen molar-refractivity contribution in [3.8, 4) is 0 Å². The minimum atomic E-state index is 0.604. The molecule has 0 saturated heterocycles. The molecule has 1 N–H and O–H groups in total. The van der Waals surface area contributed by atoms with E-state index in [0.717, 1.165) is 18.2 Å². The van der Waals surface area contributed by atoms with Gasteiger partial charge in [-0.3, -0.25) is 0 Å². The number of nitrogens with zero attached hydrogens (tertiary/aromatic N) is 3. The Labute approximate surface area is 92.1 Å². The van der Waals surface area contributed by atoms with Gasteiger partial charge in [0, 0.05) is 13.1 Å². The van der Waals surface area contributed by atoms with Crippen LogP contribution < -0.4 is 5.32 Å². The van der Waals surface area contributed by atoms with Crippen molar-refractivity contribution in [1.29, 1.82) is 0 Å². The van der Waals surface area contributed by atoms with Crippen LogP contribution in [-0.2, 0) is 13.6 Å². The molecule has 86 valence electrons. The van der Waals surface area contributed by atoms with Crippen LogP contribution in [0, 0.1) is 6.92 Å². The van der Waals surface area contributed by atoms with Gasteiger partial charge in [-0.25, -0.2) is 0 Å². The van der Waals surface area contributed by atoms with Gasteiger partial charge in [0.25, 0.3) is 0 Å². The van der Waals surface area contributed by atoms with E-state index >= 15 is 0 Å². The zero-order valence-corrected chi connectivity index (χ0v) is 10.2. The lowest BCUT2D eigenvalue weighted by Gasteiger charge is -2.15. The van der Waals surface area contributed by atoms with E-state index in [2.05, 4.69) is 29.4 Å². The summed E-state index contributed by atoms with van der Waals surface area (Å²) in [5, 5.41) is 11.7. The Morgan fingerprint density at radius 3 is 2.53 bits per heavy atom. The van der Waals surface area contributed by atoms with E-state index < -0.39 is 0 Å². The van der Waals surface area contributed by atoms with Crippen LogP contribution in [0.2, 0.25) is 0 Å². The van der Waals surface area contributed by atoms with Crippen LogP contribution in [0.1, 0.15) is 44.8 Å². The van der Waals surface area contributed by atoms with Crippen molar-refractivity contribution >= 4 is 0 Å². The van der Waals surface area contributed by atoms with E-state index in [1.165, 1.54) is 19.3 Å². The lowest BCUT2D eigenvalue weighted by atomic mass is 10.1. The highest BCUT2D eigenvalue weighted by Gasteiger charge is 2.08. The molecule has 15 heavy (non-hydrogen) atoms. The number of hydrogen-bond acceptors (Lipinski definition) is 3. The number of aromatic nitrogens is 3. The SMILES string of the molecule is CCCC(CC)NCc1nnc(C)n1C. The van der Waals surface area contributed by atoms with Crippen molar-refractivity contribution in [1.82, 2.24) is 20.1 Å². The van der Waals surface area contributed by atoms with Crippen molar-refractivity contribution in [2.75, 3.05) is 0 Å². The third kappa shape index (κ3) is 3.30. The summed E-state index contributed by atoms with van der Waals surface area (Å²) in [6.07, 6.45) is 3.63. The van der Waals surface area contributed by atoms with E-state index in [0.29, 0.717) is 6.04 Å². The van der Waals surface area contributed by atoms with Crippen LogP contribution >= 0.6 is 0 Å². The quantitative estimate of drug-likeness (QED) is 0.778. The Morgan fingerprint density at radius 2 is 2.07 bits per heavy atom. The van der Waals surface area contributed by atoms with Gasteiger partial charge in [0.15, 0.2) is 0 Å². The van der Waals surface area contributed by atoms with E-state index in [1.54, 1.807) is 0 Å². The molecule has 0 radical (unpaired) electrons. The average Bonchev–Trinajstić information content (AvgIpc) is 2.55. The fourth-order valence-electron chi connectivity index (χ4n) is 1.64. The normalized spacial score (nSPS) is 13.1. The second-order valence-electron chi connectivity index (χ2n) is 4.00. The van der Waals surface area contributed by atoms with Crippen LogP contribution in [-0.4, -0.2) is 20.8 Å². The first-order chi connectivity index (χ1) is 7.19. The van der Waals surface area contributed by atoms with Gasteiger partial charge in [-0.2, -0.15) is 0 Å². The van der Waals surface area contributed by atoms with Gasteiger partial charge in [0.2, 0.25) is 0 Å². The Morgan fingerprint density at radius 1 is 1.33 bits per heavy atom. The summed E-state index contributed by atoms with van der Waals surface area (Å²) in [5.74, 6) is 1.98. The first-order valence-electron chi connectivity index (χ1n) is 5.77. The predicted octanol–water partition coefficient (Wildman–Crippen LogP) is 1.79. The van der Waals surface area contributed by atoms with E-state index in [1.807, 2.05) is 18.5 Å². The van der Waals surface area contributed by atoms with Gasteiger partial charge < -0.3 is 9.88 Å². The lowest BCUT2D eigenvalue weighted by molar-refractivity contribution is 0.451. The van der Waals surface area contributed by atoms with Crippen LogP contribution in [0.5, 0.6) is 0 Å². The zero-order valence-electron chi connectivity index (χ0n) is 10.2. The molecule has 1 rings (SSSR count). The van der Waals surface area contributed by atoms with Gasteiger partial charge in [-0.05, 0) is 19.8 Å². The molecule has 1 unspecified atom stereocenters. The highest BCUT2D eigenvalue weighted by Crippen LogP contribution is 2.03. The van der Waals surface area contributed by atoms with Crippen molar-refractivity contribution in [3.05, 3.63) is 11.6 Å². The van der Waals surface area contributed by atoms with Crippen LogP contribution in [0.25, 0.3) is 0 Å². The molecule has 0 aliphatic heterocycles. The molecule has 1 atom stereocenters. The minimum absolute atomic E-state index is 0.604. The van der Waals surface area contributed by atoms with Crippen LogP contribution in [0.15, 0.2) is 0 Å². The molecule has 0 aliphatic carbocycles. The number of rotatable bonds is 6. The molecule has 1 aromatic rings. The van der Waals surface area contributed by atoms with Crippen molar-refractivity contribution in [3.63, 3.8) is 0 Å². The average molecular weight is 210 g/mol. The first-order valence-corrected chi connectivity index (χ1v) is 5.77. The Kier molecular flexibility index (Phi) is 4.75. The summed E-state index contributed by atoms with van der Waals surface area (Å²) in [6, 6.07) is 0.604. The molecule has 1 aromatic heterocycles. The van der Waals surface area contributed by atoms with Crippen LogP contribution in [0.4, 0.5) is 0 Å². The second kappa shape index (κ2) is 5.85. The first kappa shape index (κ1) is 12.2. The Bertz CT molecular complexity index is 293. The molecule has 0 aromatic carbocycles. The van der Waals surface area contributed by atoms with E-state index in [4.69, 9.17) is 0 Å².